The second kappa shape index (κ2) is 6.59. The summed E-state index contributed by atoms with van der Waals surface area (Å²) in [5.41, 5.74) is 0.577. The Morgan fingerprint density at radius 1 is 0.920 bits per heavy atom. The molecule has 0 N–H and O–H groups in total. The number of rotatable bonds is 1. The van der Waals surface area contributed by atoms with Crippen molar-refractivity contribution < 1.29 is 14.3 Å². The predicted octanol–water partition coefficient (Wildman–Crippen LogP) is -1.97. The number of tetrazole rings is 1. The highest BCUT2D eigenvalue weighted by molar-refractivity contribution is 6.34. The van der Waals surface area contributed by atoms with Crippen molar-refractivity contribution in [2.24, 2.45) is 0 Å². The summed E-state index contributed by atoms with van der Waals surface area (Å²) in [7, 11) is 0. The van der Waals surface area contributed by atoms with E-state index in [1.165, 1.54) is 4.63 Å². The van der Waals surface area contributed by atoms with Gasteiger partial charge in [-0.1, -0.05) is 0 Å². The SMILES string of the molecule is O=C(C(=O)N1CCN(c2ccc3nnnn3n2)CC1)N1CCOCC1. The van der Waals surface area contributed by atoms with Crippen LogP contribution in [-0.2, 0) is 14.3 Å². The van der Waals surface area contributed by atoms with E-state index >= 15 is 0 Å². The second-order valence-corrected chi connectivity index (χ2v) is 5.90. The van der Waals surface area contributed by atoms with E-state index in [1.807, 2.05) is 11.0 Å². The summed E-state index contributed by atoms with van der Waals surface area (Å²) in [5.74, 6) is -0.137. The molecule has 0 saturated carbocycles. The van der Waals surface area contributed by atoms with Crippen LogP contribution >= 0.6 is 0 Å². The number of morpholine rings is 1. The van der Waals surface area contributed by atoms with Gasteiger partial charge in [0.05, 0.1) is 13.2 Å². The molecule has 2 aliphatic heterocycles. The number of piperazine rings is 1. The van der Waals surface area contributed by atoms with Crippen LogP contribution in [0, 0.1) is 0 Å². The minimum Gasteiger partial charge on any atom is -0.378 e. The van der Waals surface area contributed by atoms with Gasteiger partial charge < -0.3 is 19.4 Å². The average Bonchev–Trinajstić information content (AvgIpc) is 3.15. The summed E-state index contributed by atoms with van der Waals surface area (Å²) in [6.07, 6.45) is 0. The second-order valence-electron chi connectivity index (χ2n) is 5.90. The molecule has 2 saturated heterocycles. The van der Waals surface area contributed by atoms with Crippen LogP contribution in [0.1, 0.15) is 0 Å². The number of anilines is 1. The maximum absolute atomic E-state index is 12.4. The number of fused-ring (bicyclic) bond motifs is 1. The Morgan fingerprint density at radius 3 is 2.32 bits per heavy atom. The summed E-state index contributed by atoms with van der Waals surface area (Å²) in [5, 5.41) is 15.5. The molecule has 0 bridgehead atoms. The average molecular weight is 346 g/mol. The van der Waals surface area contributed by atoms with E-state index in [0.29, 0.717) is 58.1 Å². The van der Waals surface area contributed by atoms with Gasteiger partial charge in [0, 0.05) is 39.3 Å². The molecule has 0 aliphatic carbocycles. The van der Waals surface area contributed by atoms with Crippen molar-refractivity contribution in [3.05, 3.63) is 12.1 Å². The Morgan fingerprint density at radius 2 is 1.60 bits per heavy atom. The monoisotopic (exact) mass is 346 g/mol. The maximum atomic E-state index is 12.4. The van der Waals surface area contributed by atoms with E-state index < -0.39 is 11.8 Å². The van der Waals surface area contributed by atoms with Crippen molar-refractivity contribution >= 4 is 23.3 Å². The third kappa shape index (κ3) is 3.09. The first-order chi connectivity index (χ1) is 12.2. The quantitative estimate of drug-likeness (QED) is 0.547. The Labute approximate surface area is 143 Å². The summed E-state index contributed by atoms with van der Waals surface area (Å²) < 4.78 is 6.58. The standard InChI is InChI=1S/C14H18N8O3/c23-13(14(24)21-7-9-25-10-8-21)20-5-3-19(4-6-20)12-2-1-11-15-17-18-22(11)16-12/h1-2H,3-10H2. The Bertz CT molecular complexity index is 779. The fraction of sp³-hybridized carbons (Fsp3) is 0.571. The number of hydrogen-bond donors (Lipinski definition) is 0. The van der Waals surface area contributed by atoms with Gasteiger partial charge in [-0.2, -0.15) is 0 Å². The highest BCUT2D eigenvalue weighted by Gasteiger charge is 2.30. The molecule has 25 heavy (non-hydrogen) atoms. The fourth-order valence-electron chi connectivity index (χ4n) is 2.98. The minimum absolute atomic E-state index is 0.439. The number of aromatic nitrogens is 5. The van der Waals surface area contributed by atoms with Crippen molar-refractivity contribution in [3.63, 3.8) is 0 Å². The van der Waals surface area contributed by atoms with Crippen LogP contribution < -0.4 is 4.90 Å². The van der Waals surface area contributed by atoms with Crippen molar-refractivity contribution in [3.8, 4) is 0 Å². The molecule has 11 heteroatoms. The largest absolute Gasteiger partial charge is 0.378 e. The molecule has 4 heterocycles. The van der Waals surface area contributed by atoms with Gasteiger partial charge in [-0.3, -0.25) is 9.59 Å². The molecule has 0 unspecified atom stereocenters. The van der Waals surface area contributed by atoms with Crippen molar-refractivity contribution in [1.82, 2.24) is 35.1 Å². The Balaban J connectivity index is 1.37. The number of carbonyl (C=O) groups is 2. The molecular weight excluding hydrogens is 328 g/mol. The normalized spacial score (nSPS) is 18.6. The van der Waals surface area contributed by atoms with Gasteiger partial charge in [0.2, 0.25) is 0 Å². The summed E-state index contributed by atoms with van der Waals surface area (Å²) in [6, 6.07) is 3.64. The number of nitrogens with zero attached hydrogens (tertiary/aromatic N) is 8. The van der Waals surface area contributed by atoms with E-state index in [2.05, 4.69) is 20.6 Å². The number of carbonyl (C=O) groups excluding carboxylic acids is 2. The van der Waals surface area contributed by atoms with E-state index in [0.717, 1.165) is 5.82 Å². The first-order valence-corrected chi connectivity index (χ1v) is 8.19. The molecule has 2 aliphatic rings. The molecule has 0 spiro atoms. The van der Waals surface area contributed by atoms with Gasteiger partial charge in [0.15, 0.2) is 11.5 Å². The zero-order chi connectivity index (χ0) is 17.2. The van der Waals surface area contributed by atoms with Gasteiger partial charge in [0.1, 0.15) is 0 Å². The van der Waals surface area contributed by atoms with Crippen LogP contribution in [0.5, 0.6) is 0 Å². The summed E-state index contributed by atoms with van der Waals surface area (Å²) in [4.78, 5) is 29.9. The number of ether oxygens (including phenoxy) is 1. The number of amides is 2. The van der Waals surface area contributed by atoms with Gasteiger partial charge in [0.25, 0.3) is 0 Å². The van der Waals surface area contributed by atoms with E-state index in [9.17, 15) is 9.59 Å². The first kappa shape index (κ1) is 15.7. The highest BCUT2D eigenvalue weighted by atomic mass is 16.5. The topological polar surface area (TPSA) is 109 Å². The Kier molecular flexibility index (Phi) is 4.14. The van der Waals surface area contributed by atoms with Gasteiger partial charge in [-0.05, 0) is 22.6 Å². The van der Waals surface area contributed by atoms with E-state index in [1.54, 1.807) is 15.9 Å². The van der Waals surface area contributed by atoms with Crippen molar-refractivity contribution in [2.75, 3.05) is 57.4 Å². The molecule has 4 rings (SSSR count). The molecule has 0 atom stereocenters. The summed E-state index contributed by atoms with van der Waals surface area (Å²) >= 11 is 0. The fourth-order valence-corrected chi connectivity index (χ4v) is 2.98. The van der Waals surface area contributed by atoms with Crippen molar-refractivity contribution in [2.45, 2.75) is 0 Å². The lowest BCUT2D eigenvalue weighted by Gasteiger charge is -2.36. The van der Waals surface area contributed by atoms with Gasteiger partial charge in [-0.25, -0.2) is 0 Å². The Hall–Kier alpha value is -2.82. The molecule has 2 fully saturated rings. The molecule has 2 aromatic heterocycles. The van der Waals surface area contributed by atoms with Crippen molar-refractivity contribution in [1.29, 1.82) is 0 Å². The highest BCUT2D eigenvalue weighted by Crippen LogP contribution is 2.14. The summed E-state index contributed by atoms with van der Waals surface area (Å²) in [6.45, 7) is 4.07. The smallest absolute Gasteiger partial charge is 0.312 e. The lowest BCUT2D eigenvalue weighted by atomic mass is 10.3. The molecule has 132 valence electrons. The predicted molar refractivity (Wildman–Crippen MR) is 84.8 cm³/mol. The minimum atomic E-state index is -0.440. The van der Waals surface area contributed by atoms with Crippen LogP contribution in [0.2, 0.25) is 0 Å². The zero-order valence-corrected chi connectivity index (χ0v) is 13.6. The zero-order valence-electron chi connectivity index (χ0n) is 13.6. The van der Waals surface area contributed by atoms with E-state index in [-0.39, 0.29) is 0 Å². The molecule has 0 aromatic carbocycles. The van der Waals surface area contributed by atoms with Crippen LogP contribution in [-0.4, -0.2) is 99.4 Å². The van der Waals surface area contributed by atoms with Gasteiger partial charge >= 0.3 is 11.8 Å². The molecule has 2 aromatic rings. The lowest BCUT2D eigenvalue weighted by Crippen LogP contribution is -2.54. The van der Waals surface area contributed by atoms with Crippen LogP contribution in [0.4, 0.5) is 5.82 Å². The van der Waals surface area contributed by atoms with Gasteiger partial charge in [-0.15, -0.1) is 14.8 Å². The molecule has 2 amide bonds. The van der Waals surface area contributed by atoms with Crippen LogP contribution in [0.15, 0.2) is 12.1 Å². The molecule has 0 radical (unpaired) electrons. The maximum Gasteiger partial charge on any atom is 0.312 e. The van der Waals surface area contributed by atoms with Crippen LogP contribution in [0.3, 0.4) is 0 Å². The third-order valence-corrected chi connectivity index (χ3v) is 4.43. The first-order valence-electron chi connectivity index (χ1n) is 8.19. The molecular formula is C14H18N8O3. The lowest BCUT2D eigenvalue weighted by molar-refractivity contribution is -0.154. The number of hydrogen-bond acceptors (Lipinski definition) is 8. The third-order valence-electron chi connectivity index (χ3n) is 4.43. The van der Waals surface area contributed by atoms with Crippen LogP contribution in [0.25, 0.3) is 5.65 Å². The van der Waals surface area contributed by atoms with E-state index in [4.69, 9.17) is 4.74 Å². The molecule has 11 nitrogen and oxygen atoms in total.